The Kier molecular flexibility index (Phi) is 8.67. The molecular formula is C24H21IrN2O. The van der Waals surface area contributed by atoms with Gasteiger partial charge in [0.2, 0.25) is 0 Å². The topological polar surface area (TPSA) is 36.2 Å². The third kappa shape index (κ3) is 5.66. The van der Waals surface area contributed by atoms with Gasteiger partial charge in [0, 0.05) is 11.9 Å². The molecule has 1 aliphatic heterocycles. The van der Waals surface area contributed by atoms with Crippen LogP contribution in [0.2, 0.25) is 0 Å². The number of aryl methyl sites for hydroxylation is 1. The quantitative estimate of drug-likeness (QED) is 0.387. The van der Waals surface area contributed by atoms with Gasteiger partial charge in [-0.3, -0.25) is 0 Å². The molecule has 142 valence electrons. The Bertz CT molecular complexity index is 908. The maximum atomic E-state index is 5.36. The van der Waals surface area contributed by atoms with Crippen LogP contribution >= 0.6 is 0 Å². The zero-order valence-electron chi connectivity index (χ0n) is 15.8. The zero-order valence-corrected chi connectivity index (χ0v) is 18.2. The van der Waals surface area contributed by atoms with E-state index < -0.39 is 0 Å². The van der Waals surface area contributed by atoms with Gasteiger partial charge in [0.05, 0.1) is 7.11 Å². The van der Waals surface area contributed by atoms with E-state index in [-0.39, 0.29) is 26.1 Å². The van der Waals surface area contributed by atoms with Crippen LogP contribution in [0, 0.1) is 19.1 Å². The van der Waals surface area contributed by atoms with Crippen molar-refractivity contribution in [2.75, 3.05) is 7.11 Å². The van der Waals surface area contributed by atoms with Crippen LogP contribution in [-0.4, -0.2) is 12.1 Å². The summed E-state index contributed by atoms with van der Waals surface area (Å²) in [6.45, 7) is 2.01. The molecule has 1 aromatic heterocycles. The molecule has 1 atom stereocenters. The summed E-state index contributed by atoms with van der Waals surface area (Å²) in [5.41, 5.74) is 4.02. The van der Waals surface area contributed by atoms with E-state index in [9.17, 15) is 0 Å². The molecule has 0 saturated carbocycles. The van der Waals surface area contributed by atoms with Crippen LogP contribution in [-0.2, 0) is 20.1 Å². The van der Waals surface area contributed by atoms with E-state index in [1.165, 1.54) is 0 Å². The number of benzene rings is 2. The number of hydrogen-bond acceptors (Lipinski definition) is 2. The van der Waals surface area contributed by atoms with Crippen molar-refractivity contribution >= 4 is 0 Å². The number of rotatable bonds is 3. The molecule has 0 radical (unpaired) electrons. The van der Waals surface area contributed by atoms with Crippen LogP contribution in [0.3, 0.4) is 0 Å². The van der Waals surface area contributed by atoms with Crippen molar-refractivity contribution in [3.63, 3.8) is 0 Å². The smallest absolute Gasteiger partial charge is 0.683 e. The van der Waals surface area contributed by atoms with Crippen LogP contribution in [0.4, 0.5) is 0 Å². The molecule has 1 unspecified atom stereocenters. The van der Waals surface area contributed by atoms with Gasteiger partial charge in [0.1, 0.15) is 0 Å². The first-order valence-corrected chi connectivity index (χ1v) is 8.76. The monoisotopic (exact) mass is 546 g/mol. The second kappa shape index (κ2) is 11.2. The van der Waals surface area contributed by atoms with E-state index in [0.717, 1.165) is 28.1 Å². The Hall–Kier alpha value is -2.68. The van der Waals surface area contributed by atoms with Crippen LogP contribution in [0.25, 0.3) is 16.6 Å². The zero-order chi connectivity index (χ0) is 18.9. The average molecular weight is 546 g/mol. The Labute approximate surface area is 180 Å². The van der Waals surface area contributed by atoms with E-state index in [1.54, 1.807) is 13.3 Å². The van der Waals surface area contributed by atoms with Crippen molar-refractivity contribution in [3.05, 3.63) is 114 Å². The summed E-state index contributed by atoms with van der Waals surface area (Å²) >= 11 is 0. The largest absolute Gasteiger partial charge is 3.00 e. The van der Waals surface area contributed by atoms with Gasteiger partial charge in [-0.05, 0) is 11.8 Å². The predicted molar refractivity (Wildman–Crippen MR) is 109 cm³/mol. The van der Waals surface area contributed by atoms with E-state index >= 15 is 0 Å². The fourth-order valence-corrected chi connectivity index (χ4v) is 2.74. The summed E-state index contributed by atoms with van der Waals surface area (Å²) in [7, 11) is 1.67. The van der Waals surface area contributed by atoms with Crippen molar-refractivity contribution in [3.8, 4) is 17.0 Å². The number of ether oxygens (including phenoxy) is 1. The van der Waals surface area contributed by atoms with Crippen LogP contribution in [0.5, 0.6) is 5.75 Å². The second-order valence-electron chi connectivity index (χ2n) is 5.92. The van der Waals surface area contributed by atoms with Gasteiger partial charge in [-0.25, -0.2) is 0 Å². The molecule has 0 bridgehead atoms. The third-order valence-corrected chi connectivity index (χ3v) is 4.06. The van der Waals surface area contributed by atoms with Crippen molar-refractivity contribution in [1.82, 2.24) is 4.98 Å². The summed E-state index contributed by atoms with van der Waals surface area (Å²) in [6, 6.07) is 24.1. The Morgan fingerprint density at radius 2 is 1.86 bits per heavy atom. The van der Waals surface area contributed by atoms with E-state index in [0.29, 0.717) is 0 Å². The van der Waals surface area contributed by atoms with E-state index in [2.05, 4.69) is 28.5 Å². The fraction of sp³-hybridized carbons (Fsp3) is 0.125. The summed E-state index contributed by atoms with van der Waals surface area (Å²) in [6.07, 6.45) is 9.60. The van der Waals surface area contributed by atoms with Gasteiger partial charge in [-0.15, -0.1) is 18.2 Å². The molecule has 0 amide bonds. The Morgan fingerprint density at radius 1 is 1.00 bits per heavy atom. The van der Waals surface area contributed by atoms with Gasteiger partial charge in [0.15, 0.2) is 0 Å². The molecule has 4 rings (SSSR count). The molecule has 0 saturated heterocycles. The minimum atomic E-state index is 0. The predicted octanol–water partition coefficient (Wildman–Crippen LogP) is 5.85. The summed E-state index contributed by atoms with van der Waals surface area (Å²) in [5, 5.41) is 4.30. The Morgan fingerprint density at radius 3 is 2.50 bits per heavy atom. The molecule has 3 nitrogen and oxygen atoms in total. The minimum absolute atomic E-state index is 0. The number of aromatic nitrogens is 1. The van der Waals surface area contributed by atoms with Crippen LogP contribution in [0.1, 0.15) is 17.2 Å². The van der Waals surface area contributed by atoms with Gasteiger partial charge in [-0.1, -0.05) is 54.5 Å². The minimum Gasteiger partial charge on any atom is -0.683 e. The maximum Gasteiger partial charge on any atom is 3.00 e. The first-order chi connectivity index (χ1) is 13.3. The van der Waals surface area contributed by atoms with Gasteiger partial charge >= 0.3 is 20.1 Å². The molecular weight excluding hydrogens is 524 g/mol. The van der Waals surface area contributed by atoms with Gasteiger partial charge < -0.3 is 15.0 Å². The van der Waals surface area contributed by atoms with E-state index in [4.69, 9.17) is 4.74 Å². The number of nitrogens with zero attached hydrogens (tertiary/aromatic N) is 2. The molecule has 2 aromatic carbocycles. The Balaban J connectivity index is 0.000000198. The van der Waals surface area contributed by atoms with Crippen LogP contribution in [0.15, 0.2) is 85.2 Å². The van der Waals surface area contributed by atoms with Crippen LogP contribution < -0.4 is 4.74 Å². The fourth-order valence-electron chi connectivity index (χ4n) is 2.74. The molecule has 28 heavy (non-hydrogen) atoms. The molecule has 0 aliphatic carbocycles. The maximum absolute atomic E-state index is 5.36. The summed E-state index contributed by atoms with van der Waals surface area (Å²) in [4.78, 5) is 4.29. The first-order valence-electron chi connectivity index (χ1n) is 8.76. The van der Waals surface area contributed by atoms with Crippen molar-refractivity contribution in [2.45, 2.75) is 13.0 Å². The molecule has 0 spiro atoms. The molecule has 2 heterocycles. The van der Waals surface area contributed by atoms with Gasteiger partial charge in [0.25, 0.3) is 0 Å². The number of pyridine rings is 1. The van der Waals surface area contributed by atoms with Crippen molar-refractivity contribution < 1.29 is 24.8 Å². The van der Waals surface area contributed by atoms with Crippen molar-refractivity contribution in [1.29, 1.82) is 0 Å². The van der Waals surface area contributed by atoms with Gasteiger partial charge in [-0.2, -0.15) is 42.1 Å². The summed E-state index contributed by atoms with van der Waals surface area (Å²) < 4.78 is 5.36. The number of hydrogen-bond donors (Lipinski definition) is 0. The molecule has 0 fully saturated rings. The second-order valence-corrected chi connectivity index (χ2v) is 5.92. The average Bonchev–Trinajstić information content (AvgIpc) is 2.76. The van der Waals surface area contributed by atoms with E-state index in [1.807, 2.05) is 79.9 Å². The number of methoxy groups -OCH3 is 1. The van der Waals surface area contributed by atoms with Crippen molar-refractivity contribution in [2.24, 2.45) is 0 Å². The molecule has 1 aliphatic rings. The standard InChI is InChI=1S/C13H12NO.C11H9N.Ir/c1-10-6-5-7-11(13(10)15-2)12-8-3-4-9-14-12;1-2-6-10(7-3-1)11-8-4-5-9-12-11;/h3-6,8-9H,1-2H3;1-6,8-9,11H;/q-1;-2;+3. The normalized spacial score (nSPS) is 14.1. The molecule has 3 aromatic rings. The molecule has 4 heteroatoms. The first kappa shape index (κ1) is 21.6. The SMILES string of the molecule is COc1c(-c2ccccn2)[c-]ccc1C.[Ir+3].[c-]1ccccc1C1C=CC=C[N-]1. The summed E-state index contributed by atoms with van der Waals surface area (Å²) in [5.74, 6) is 0.844. The third-order valence-electron chi connectivity index (χ3n) is 4.06. The molecule has 0 N–H and O–H groups in total. The number of allylic oxidation sites excluding steroid dienone is 2.